The van der Waals surface area contributed by atoms with Gasteiger partial charge in [0, 0.05) is 25.4 Å². The van der Waals surface area contributed by atoms with Crippen molar-refractivity contribution >= 4 is 0 Å². The Kier molecular flexibility index (Phi) is 5.48. The van der Waals surface area contributed by atoms with E-state index in [0.717, 1.165) is 68.8 Å². The summed E-state index contributed by atoms with van der Waals surface area (Å²) in [5, 5.41) is 4.67. The van der Waals surface area contributed by atoms with Crippen molar-refractivity contribution in [2.45, 2.75) is 51.6 Å². The summed E-state index contributed by atoms with van der Waals surface area (Å²) in [6.07, 6.45) is 8.27. The SMILES string of the molecule is COc1nccc(CN2CCC(Cn3nc4c(cc3=O)CCCC4)CC2)n1. The van der Waals surface area contributed by atoms with Crippen molar-refractivity contribution in [1.82, 2.24) is 24.6 Å². The molecule has 1 fully saturated rings. The zero-order chi connectivity index (χ0) is 18.6. The van der Waals surface area contributed by atoms with Crippen LogP contribution in [-0.2, 0) is 25.9 Å². The molecule has 7 nitrogen and oxygen atoms in total. The molecule has 1 aliphatic heterocycles. The Hall–Kier alpha value is -2.28. The van der Waals surface area contributed by atoms with Gasteiger partial charge >= 0.3 is 6.01 Å². The second-order valence-electron chi connectivity index (χ2n) is 7.60. The molecule has 2 aliphatic rings. The smallest absolute Gasteiger partial charge is 0.316 e. The second-order valence-corrected chi connectivity index (χ2v) is 7.60. The second kappa shape index (κ2) is 8.17. The van der Waals surface area contributed by atoms with Crippen LogP contribution in [0.25, 0.3) is 0 Å². The highest BCUT2D eigenvalue weighted by Gasteiger charge is 2.22. The Bertz CT molecular complexity index is 843. The van der Waals surface area contributed by atoms with Gasteiger partial charge in [-0.25, -0.2) is 9.67 Å². The lowest BCUT2D eigenvalue weighted by molar-refractivity contribution is 0.161. The summed E-state index contributed by atoms with van der Waals surface area (Å²) in [5.41, 5.74) is 3.34. The van der Waals surface area contributed by atoms with Crippen molar-refractivity contribution in [3.8, 4) is 6.01 Å². The van der Waals surface area contributed by atoms with Crippen molar-refractivity contribution in [2.24, 2.45) is 5.92 Å². The summed E-state index contributed by atoms with van der Waals surface area (Å²) in [6.45, 7) is 3.57. The van der Waals surface area contributed by atoms with Gasteiger partial charge in [0.1, 0.15) is 0 Å². The molecule has 7 heteroatoms. The molecule has 0 atom stereocenters. The molecule has 0 aromatic carbocycles. The van der Waals surface area contributed by atoms with Crippen LogP contribution in [0.3, 0.4) is 0 Å². The topological polar surface area (TPSA) is 73.1 Å². The minimum Gasteiger partial charge on any atom is -0.467 e. The molecule has 0 radical (unpaired) electrons. The molecule has 0 N–H and O–H groups in total. The summed E-state index contributed by atoms with van der Waals surface area (Å²) < 4.78 is 6.81. The van der Waals surface area contributed by atoms with Gasteiger partial charge in [0.05, 0.1) is 18.5 Å². The standard InChI is InChI=1S/C20H27N5O2/c1-27-20-21-9-6-17(22-20)14-24-10-7-15(8-11-24)13-25-19(26)12-16-4-2-3-5-18(16)23-25/h6,9,12,15H,2-5,7-8,10-11,13-14H2,1H3. The quantitative estimate of drug-likeness (QED) is 0.801. The molecule has 144 valence electrons. The molecular formula is C20H27N5O2. The number of methoxy groups -OCH3 is 1. The summed E-state index contributed by atoms with van der Waals surface area (Å²) in [6, 6.07) is 4.17. The number of likely N-dealkylation sites (tertiary alicyclic amines) is 1. The van der Waals surface area contributed by atoms with Gasteiger partial charge in [-0.1, -0.05) is 0 Å². The molecule has 1 aliphatic carbocycles. The molecule has 0 unspecified atom stereocenters. The lowest BCUT2D eigenvalue weighted by Gasteiger charge is -2.31. The molecule has 27 heavy (non-hydrogen) atoms. The predicted molar refractivity (Wildman–Crippen MR) is 102 cm³/mol. The van der Waals surface area contributed by atoms with E-state index in [9.17, 15) is 4.79 Å². The number of aromatic nitrogens is 4. The van der Waals surface area contributed by atoms with E-state index in [1.165, 1.54) is 12.8 Å². The maximum atomic E-state index is 12.4. The lowest BCUT2D eigenvalue weighted by atomic mass is 9.95. The normalized spacial score (nSPS) is 18.3. The van der Waals surface area contributed by atoms with Gasteiger partial charge < -0.3 is 4.74 Å². The Morgan fingerprint density at radius 1 is 1.22 bits per heavy atom. The van der Waals surface area contributed by atoms with Crippen molar-refractivity contribution in [3.05, 3.63) is 45.6 Å². The first-order valence-corrected chi connectivity index (χ1v) is 9.89. The first kappa shape index (κ1) is 18.1. The highest BCUT2D eigenvalue weighted by atomic mass is 16.5. The maximum absolute atomic E-state index is 12.4. The summed E-state index contributed by atoms with van der Waals surface area (Å²) in [7, 11) is 1.58. The zero-order valence-electron chi connectivity index (χ0n) is 15.9. The number of hydrogen-bond acceptors (Lipinski definition) is 6. The van der Waals surface area contributed by atoms with E-state index in [0.29, 0.717) is 11.9 Å². The third-order valence-corrected chi connectivity index (χ3v) is 5.67. The first-order chi connectivity index (χ1) is 13.2. The highest BCUT2D eigenvalue weighted by Crippen LogP contribution is 2.21. The fraction of sp³-hybridized carbons (Fsp3) is 0.600. The molecule has 2 aromatic rings. The largest absolute Gasteiger partial charge is 0.467 e. The van der Waals surface area contributed by atoms with E-state index in [1.54, 1.807) is 18.0 Å². The molecule has 1 saturated heterocycles. The Labute approximate surface area is 159 Å². The molecule has 0 spiro atoms. The highest BCUT2D eigenvalue weighted by molar-refractivity contribution is 5.20. The number of rotatable bonds is 5. The van der Waals surface area contributed by atoms with E-state index in [2.05, 4.69) is 20.0 Å². The van der Waals surface area contributed by atoms with Gasteiger partial charge in [-0.15, -0.1) is 0 Å². The van der Waals surface area contributed by atoms with Gasteiger partial charge in [0.2, 0.25) is 0 Å². The monoisotopic (exact) mass is 369 g/mol. The van der Waals surface area contributed by atoms with Crippen LogP contribution in [0.4, 0.5) is 0 Å². The molecule has 4 rings (SSSR count). The van der Waals surface area contributed by atoms with Crippen LogP contribution in [-0.4, -0.2) is 44.8 Å². The maximum Gasteiger partial charge on any atom is 0.316 e. The predicted octanol–water partition coefficient (Wildman–Crippen LogP) is 1.83. The third-order valence-electron chi connectivity index (χ3n) is 5.67. The number of ether oxygens (including phenoxy) is 1. The van der Waals surface area contributed by atoms with Gasteiger partial charge in [0.25, 0.3) is 5.56 Å². The van der Waals surface area contributed by atoms with Crippen LogP contribution < -0.4 is 10.3 Å². The number of aryl methyl sites for hydroxylation is 2. The number of hydrogen-bond donors (Lipinski definition) is 0. The zero-order valence-corrected chi connectivity index (χ0v) is 15.9. The van der Waals surface area contributed by atoms with Crippen LogP contribution in [0.5, 0.6) is 6.01 Å². The van der Waals surface area contributed by atoms with E-state index in [4.69, 9.17) is 4.74 Å². The van der Waals surface area contributed by atoms with Gasteiger partial charge in [0.15, 0.2) is 0 Å². The van der Waals surface area contributed by atoms with E-state index >= 15 is 0 Å². The molecule has 2 aromatic heterocycles. The summed E-state index contributed by atoms with van der Waals surface area (Å²) in [4.78, 5) is 23.3. The molecule has 0 saturated carbocycles. The van der Waals surface area contributed by atoms with E-state index in [-0.39, 0.29) is 5.56 Å². The van der Waals surface area contributed by atoms with Crippen molar-refractivity contribution < 1.29 is 4.74 Å². The summed E-state index contributed by atoms with van der Waals surface area (Å²) >= 11 is 0. The number of nitrogens with zero attached hydrogens (tertiary/aromatic N) is 5. The Morgan fingerprint density at radius 3 is 2.85 bits per heavy atom. The van der Waals surface area contributed by atoms with Crippen molar-refractivity contribution in [3.63, 3.8) is 0 Å². The first-order valence-electron chi connectivity index (χ1n) is 9.89. The minimum atomic E-state index is 0.0613. The summed E-state index contributed by atoms with van der Waals surface area (Å²) in [5.74, 6) is 0.507. The molecule has 3 heterocycles. The van der Waals surface area contributed by atoms with Gasteiger partial charge in [-0.3, -0.25) is 9.69 Å². The molecule has 0 bridgehead atoms. The van der Waals surface area contributed by atoms with Gasteiger partial charge in [-0.05, 0) is 69.2 Å². The van der Waals surface area contributed by atoms with Crippen LogP contribution in [0.2, 0.25) is 0 Å². The number of piperidine rings is 1. The van der Waals surface area contributed by atoms with Crippen molar-refractivity contribution in [2.75, 3.05) is 20.2 Å². The Morgan fingerprint density at radius 2 is 2.04 bits per heavy atom. The van der Waals surface area contributed by atoms with Crippen molar-refractivity contribution in [1.29, 1.82) is 0 Å². The third kappa shape index (κ3) is 4.35. The fourth-order valence-corrected chi connectivity index (χ4v) is 4.10. The van der Waals surface area contributed by atoms with E-state index in [1.807, 2.05) is 12.1 Å². The van der Waals surface area contributed by atoms with Crippen LogP contribution in [0.15, 0.2) is 23.1 Å². The van der Waals surface area contributed by atoms with Gasteiger partial charge in [-0.2, -0.15) is 10.1 Å². The molecular weight excluding hydrogens is 342 g/mol. The average Bonchev–Trinajstić information content (AvgIpc) is 2.70. The average molecular weight is 369 g/mol. The number of fused-ring (bicyclic) bond motifs is 1. The van der Waals surface area contributed by atoms with Crippen LogP contribution in [0, 0.1) is 5.92 Å². The van der Waals surface area contributed by atoms with E-state index < -0.39 is 0 Å². The fourth-order valence-electron chi connectivity index (χ4n) is 4.10. The minimum absolute atomic E-state index is 0.0613. The molecule has 0 amide bonds. The Balaban J connectivity index is 1.34. The lowest BCUT2D eigenvalue weighted by Crippen LogP contribution is -2.37. The van der Waals surface area contributed by atoms with Crippen LogP contribution >= 0.6 is 0 Å². The van der Waals surface area contributed by atoms with Crippen LogP contribution in [0.1, 0.15) is 42.6 Å².